The molecule has 8 nitrogen and oxygen atoms in total. The number of nitrogen functional groups attached to an aromatic ring is 1. The predicted molar refractivity (Wildman–Crippen MR) is 152 cm³/mol. The number of hydrogen-bond acceptors (Lipinski definition) is 7. The van der Waals surface area contributed by atoms with Crippen molar-refractivity contribution < 1.29 is 32.5 Å². The van der Waals surface area contributed by atoms with Crippen LogP contribution in [0.4, 0.5) is 19.1 Å². The second-order valence-electron chi connectivity index (χ2n) is 9.62. The van der Waals surface area contributed by atoms with Gasteiger partial charge < -0.3 is 26.0 Å². The summed E-state index contributed by atoms with van der Waals surface area (Å²) in [6.07, 6.45) is -3.00. The highest BCUT2D eigenvalue weighted by Crippen LogP contribution is 2.39. The Morgan fingerprint density at radius 2 is 1.85 bits per heavy atom. The number of rotatable bonds is 10. The number of nitrogens with two attached hydrogens (primary N) is 2. The smallest absolute Gasteiger partial charge is 0.429 e. The average molecular weight is 593 g/mol. The molecule has 2 aromatic carbocycles. The van der Waals surface area contributed by atoms with Gasteiger partial charge in [0.15, 0.2) is 0 Å². The topological polar surface area (TPSA) is 134 Å². The van der Waals surface area contributed by atoms with Crippen LogP contribution in [0, 0.1) is 5.92 Å². The monoisotopic (exact) mass is 592 g/mol. The van der Waals surface area contributed by atoms with E-state index in [-0.39, 0.29) is 35.7 Å². The van der Waals surface area contributed by atoms with Gasteiger partial charge in [0.1, 0.15) is 11.8 Å². The molecule has 0 saturated carbocycles. The maximum absolute atomic E-state index is 14.1. The van der Waals surface area contributed by atoms with Crippen LogP contribution >= 0.6 is 12.4 Å². The van der Waals surface area contributed by atoms with Crippen molar-refractivity contribution in [2.24, 2.45) is 11.7 Å². The number of aromatic nitrogens is 2. The molecule has 5 N–H and O–H groups in total. The fraction of sp³-hybridized carbons (Fsp3) is 0.345. The summed E-state index contributed by atoms with van der Waals surface area (Å²) in [4.78, 5) is 19.1. The molecule has 41 heavy (non-hydrogen) atoms. The van der Waals surface area contributed by atoms with Crippen molar-refractivity contribution >= 4 is 29.9 Å². The van der Waals surface area contributed by atoms with E-state index in [1.54, 1.807) is 12.1 Å². The fourth-order valence-corrected chi connectivity index (χ4v) is 4.69. The first-order valence-electron chi connectivity index (χ1n) is 12.9. The third kappa shape index (κ3) is 8.34. The van der Waals surface area contributed by atoms with Gasteiger partial charge >= 0.3 is 12.1 Å². The lowest BCUT2D eigenvalue weighted by Crippen LogP contribution is -2.32. The Hall–Kier alpha value is -3.83. The number of carboxylic acids is 1. The van der Waals surface area contributed by atoms with Crippen LogP contribution in [-0.2, 0) is 4.79 Å². The second-order valence-corrected chi connectivity index (χ2v) is 9.62. The first-order chi connectivity index (χ1) is 19.0. The van der Waals surface area contributed by atoms with Gasteiger partial charge in [-0.05, 0) is 67.4 Å². The third-order valence-electron chi connectivity index (χ3n) is 6.70. The van der Waals surface area contributed by atoms with Crippen molar-refractivity contribution in [2.45, 2.75) is 50.9 Å². The number of ether oxygens (including phenoxy) is 2. The quantitative estimate of drug-likeness (QED) is 0.253. The first-order valence-corrected chi connectivity index (χ1v) is 12.9. The highest BCUT2D eigenvalue weighted by Gasteiger charge is 2.43. The number of anilines is 1. The number of allylic oxidation sites excluding steroid dienone is 2. The SMILES string of the molecule is CCOc1cccc(-c2ccc([C@@H](Oc3cc(C4=CCC(C[C@H](N)C(=O)O)CC4)nc(N)n3)C(F)(F)F)cc2)c1.Cl. The molecule has 3 atom stereocenters. The molecule has 0 radical (unpaired) electrons. The largest absolute Gasteiger partial charge is 0.494 e. The van der Waals surface area contributed by atoms with Gasteiger partial charge in [-0.1, -0.05) is 42.5 Å². The Morgan fingerprint density at radius 1 is 1.12 bits per heavy atom. The number of carbonyl (C=O) groups is 1. The van der Waals surface area contributed by atoms with E-state index >= 15 is 0 Å². The van der Waals surface area contributed by atoms with Crippen LogP contribution in [0.25, 0.3) is 16.7 Å². The molecule has 0 saturated heterocycles. The van der Waals surface area contributed by atoms with Gasteiger partial charge in [0.25, 0.3) is 0 Å². The Balaban J connectivity index is 0.00000462. The zero-order chi connectivity index (χ0) is 28.9. The van der Waals surface area contributed by atoms with Gasteiger partial charge in [-0.3, -0.25) is 4.79 Å². The Bertz CT molecular complexity index is 1370. The first kappa shape index (κ1) is 31.7. The van der Waals surface area contributed by atoms with Gasteiger partial charge in [0, 0.05) is 11.6 Å². The van der Waals surface area contributed by atoms with E-state index in [0.717, 1.165) is 16.7 Å². The van der Waals surface area contributed by atoms with E-state index in [9.17, 15) is 18.0 Å². The predicted octanol–water partition coefficient (Wildman–Crippen LogP) is 6.21. The molecular formula is C29H32ClF3N4O4. The van der Waals surface area contributed by atoms with Crippen LogP contribution in [0.3, 0.4) is 0 Å². The maximum atomic E-state index is 14.1. The minimum Gasteiger partial charge on any atom is -0.494 e. The van der Waals surface area contributed by atoms with E-state index < -0.39 is 24.3 Å². The molecule has 220 valence electrons. The summed E-state index contributed by atoms with van der Waals surface area (Å²) in [6.45, 7) is 2.37. The molecule has 12 heteroatoms. The van der Waals surface area contributed by atoms with Gasteiger partial charge in [0.05, 0.1) is 12.3 Å². The number of hydrogen-bond donors (Lipinski definition) is 3. The molecule has 0 spiro atoms. The molecule has 0 amide bonds. The molecule has 3 aromatic rings. The number of aliphatic carboxylic acids is 1. The van der Waals surface area contributed by atoms with Crippen molar-refractivity contribution in [3.8, 4) is 22.8 Å². The summed E-state index contributed by atoms with van der Waals surface area (Å²) in [6, 6.07) is 13.7. The Kier molecular flexibility index (Phi) is 10.6. The van der Waals surface area contributed by atoms with Crippen molar-refractivity contribution in [3.63, 3.8) is 0 Å². The number of halogens is 4. The molecular weight excluding hydrogens is 561 g/mol. The second kappa shape index (κ2) is 13.7. The van der Waals surface area contributed by atoms with Crippen LogP contribution < -0.4 is 20.9 Å². The van der Waals surface area contributed by atoms with E-state index in [1.807, 2.05) is 37.3 Å². The van der Waals surface area contributed by atoms with E-state index in [2.05, 4.69) is 9.97 Å². The molecule has 1 aliphatic rings. The van der Waals surface area contributed by atoms with E-state index in [4.69, 9.17) is 26.0 Å². The summed E-state index contributed by atoms with van der Waals surface area (Å²) in [5.74, 6) is -0.804. The van der Waals surface area contributed by atoms with Crippen molar-refractivity contribution in [3.05, 3.63) is 71.9 Å². The lowest BCUT2D eigenvalue weighted by atomic mass is 9.84. The number of carboxylic acid groups (broad SMARTS) is 1. The average Bonchev–Trinajstić information content (AvgIpc) is 2.92. The Labute approximate surface area is 242 Å². The van der Waals surface area contributed by atoms with Crippen molar-refractivity contribution in [1.29, 1.82) is 0 Å². The summed E-state index contributed by atoms with van der Waals surface area (Å²) in [5.41, 5.74) is 14.1. The molecule has 0 fully saturated rings. The molecule has 4 rings (SSSR count). The minimum atomic E-state index is -4.73. The molecule has 1 aromatic heterocycles. The third-order valence-corrected chi connectivity index (χ3v) is 6.70. The summed E-state index contributed by atoms with van der Waals surface area (Å²) >= 11 is 0. The summed E-state index contributed by atoms with van der Waals surface area (Å²) in [7, 11) is 0. The number of nitrogens with zero attached hydrogens (tertiary/aromatic N) is 2. The van der Waals surface area contributed by atoms with E-state index in [0.29, 0.717) is 43.7 Å². The van der Waals surface area contributed by atoms with Gasteiger partial charge in [-0.15, -0.1) is 12.4 Å². The lowest BCUT2D eigenvalue weighted by molar-refractivity contribution is -0.198. The standard InChI is InChI=1S/C29H31F3N4O4.ClH/c1-2-39-22-5-3-4-21(15-22)18-10-12-20(13-11-18)26(29(30,31)32)40-25-16-24(35-28(34)36-25)19-8-6-17(7-9-19)14-23(33)27(37)38;/h3-5,8,10-13,15-17,23,26H,2,6-7,9,14,33H2,1H3,(H,37,38)(H2,34,35,36);1H/t17?,23-,26+;/m0./s1. The number of benzene rings is 2. The normalized spacial score (nSPS) is 16.6. The van der Waals surface area contributed by atoms with Crippen LogP contribution in [0.1, 0.15) is 50.0 Å². The zero-order valence-corrected chi connectivity index (χ0v) is 23.1. The molecule has 1 aliphatic carbocycles. The molecule has 1 unspecified atom stereocenters. The molecule has 0 aliphatic heterocycles. The molecule has 0 bridgehead atoms. The minimum absolute atomic E-state index is 0. The van der Waals surface area contributed by atoms with Crippen LogP contribution in [0.15, 0.2) is 60.7 Å². The highest BCUT2D eigenvalue weighted by molar-refractivity contribution is 5.85. The van der Waals surface area contributed by atoms with Crippen LogP contribution in [-0.4, -0.2) is 39.9 Å². The van der Waals surface area contributed by atoms with Gasteiger partial charge in [-0.2, -0.15) is 18.2 Å². The highest BCUT2D eigenvalue weighted by atomic mass is 35.5. The van der Waals surface area contributed by atoms with Crippen LogP contribution in [0.2, 0.25) is 0 Å². The number of alkyl halides is 3. The van der Waals surface area contributed by atoms with Crippen LogP contribution in [0.5, 0.6) is 11.6 Å². The molecule has 1 heterocycles. The van der Waals surface area contributed by atoms with Crippen molar-refractivity contribution in [1.82, 2.24) is 9.97 Å². The van der Waals surface area contributed by atoms with Crippen molar-refractivity contribution in [2.75, 3.05) is 12.3 Å². The van der Waals surface area contributed by atoms with Gasteiger partial charge in [0.2, 0.25) is 17.9 Å². The van der Waals surface area contributed by atoms with Gasteiger partial charge in [-0.25, -0.2) is 4.98 Å². The maximum Gasteiger partial charge on any atom is 0.429 e. The summed E-state index contributed by atoms with van der Waals surface area (Å²) in [5, 5.41) is 9.04. The zero-order valence-electron chi connectivity index (χ0n) is 22.3. The fourth-order valence-electron chi connectivity index (χ4n) is 4.69. The van der Waals surface area contributed by atoms with E-state index in [1.165, 1.54) is 18.2 Å². The lowest BCUT2D eigenvalue weighted by Gasteiger charge is -2.24. The Morgan fingerprint density at radius 3 is 2.46 bits per heavy atom. The summed E-state index contributed by atoms with van der Waals surface area (Å²) < 4.78 is 53.3.